The van der Waals surface area contributed by atoms with Gasteiger partial charge in [0.15, 0.2) is 5.82 Å². The number of aryl methyl sites for hydroxylation is 1. The van der Waals surface area contributed by atoms with Gasteiger partial charge < -0.3 is 9.84 Å². The molecule has 14 heavy (non-hydrogen) atoms. The standard InChI is InChI=1S/C7H14N6O/c1-3-9-7(12-8)10-4-6-11-5(2)13-14-6/h3-4,8H2,1-2H3,(H2,9,10,12). The minimum atomic E-state index is 0.313. The number of aliphatic imine (C=N–C) groups is 1. The lowest BCUT2D eigenvalue weighted by molar-refractivity contribution is 0.376. The predicted octanol–water partition coefficient (Wildman–Crippen LogP) is -0.693. The molecule has 0 fully saturated rings. The third-order valence-electron chi connectivity index (χ3n) is 1.42. The Morgan fingerprint density at radius 2 is 2.43 bits per heavy atom. The van der Waals surface area contributed by atoms with Gasteiger partial charge in [0, 0.05) is 6.54 Å². The number of aromatic nitrogens is 2. The van der Waals surface area contributed by atoms with Crippen molar-refractivity contribution in [2.75, 3.05) is 6.54 Å². The predicted molar refractivity (Wildman–Crippen MR) is 51.2 cm³/mol. The highest BCUT2D eigenvalue weighted by molar-refractivity contribution is 5.78. The molecule has 0 aliphatic rings. The van der Waals surface area contributed by atoms with E-state index in [0.29, 0.717) is 24.2 Å². The molecule has 1 aromatic heterocycles. The molecule has 1 heterocycles. The molecule has 0 unspecified atom stereocenters. The van der Waals surface area contributed by atoms with Crippen LogP contribution in [-0.2, 0) is 6.54 Å². The van der Waals surface area contributed by atoms with Crippen molar-refractivity contribution in [3.63, 3.8) is 0 Å². The number of hydrogen-bond acceptors (Lipinski definition) is 5. The summed E-state index contributed by atoms with van der Waals surface area (Å²) in [6, 6.07) is 0. The molecule has 0 amide bonds. The first kappa shape index (κ1) is 10.5. The van der Waals surface area contributed by atoms with Crippen molar-refractivity contribution < 1.29 is 4.52 Å². The van der Waals surface area contributed by atoms with Gasteiger partial charge in [0.05, 0.1) is 0 Å². The molecule has 0 aromatic carbocycles. The summed E-state index contributed by atoms with van der Waals surface area (Å²) in [4.78, 5) is 8.08. The zero-order valence-corrected chi connectivity index (χ0v) is 8.24. The molecule has 1 rings (SSSR count). The quantitative estimate of drug-likeness (QED) is 0.257. The summed E-state index contributed by atoms with van der Waals surface area (Å²) in [5.41, 5.74) is 2.43. The number of hydrazine groups is 1. The van der Waals surface area contributed by atoms with E-state index in [2.05, 4.69) is 25.9 Å². The highest BCUT2D eigenvalue weighted by atomic mass is 16.5. The highest BCUT2D eigenvalue weighted by Gasteiger charge is 2.01. The zero-order chi connectivity index (χ0) is 10.4. The van der Waals surface area contributed by atoms with Gasteiger partial charge in [0.1, 0.15) is 6.54 Å². The van der Waals surface area contributed by atoms with E-state index in [1.165, 1.54) is 0 Å². The lowest BCUT2D eigenvalue weighted by atomic mass is 10.6. The molecule has 0 radical (unpaired) electrons. The fourth-order valence-corrected chi connectivity index (χ4v) is 0.871. The number of nitrogens with zero attached hydrogens (tertiary/aromatic N) is 3. The molecule has 1 aromatic rings. The van der Waals surface area contributed by atoms with E-state index < -0.39 is 0 Å². The summed E-state index contributed by atoms with van der Waals surface area (Å²) in [5, 5.41) is 6.57. The van der Waals surface area contributed by atoms with E-state index >= 15 is 0 Å². The summed E-state index contributed by atoms with van der Waals surface area (Å²) in [6.07, 6.45) is 0. The van der Waals surface area contributed by atoms with Crippen LogP contribution in [0.4, 0.5) is 0 Å². The first-order valence-electron chi connectivity index (χ1n) is 4.30. The van der Waals surface area contributed by atoms with Crippen molar-refractivity contribution >= 4 is 5.96 Å². The van der Waals surface area contributed by atoms with E-state index in [4.69, 9.17) is 10.4 Å². The summed E-state index contributed by atoms with van der Waals surface area (Å²) in [7, 11) is 0. The molecule has 7 nitrogen and oxygen atoms in total. The van der Waals surface area contributed by atoms with Crippen molar-refractivity contribution in [1.82, 2.24) is 20.9 Å². The van der Waals surface area contributed by atoms with Crippen molar-refractivity contribution in [3.05, 3.63) is 11.7 Å². The molecule has 0 saturated heterocycles. The molecule has 4 N–H and O–H groups in total. The van der Waals surface area contributed by atoms with Gasteiger partial charge in [0.2, 0.25) is 11.9 Å². The van der Waals surface area contributed by atoms with E-state index in [-0.39, 0.29) is 0 Å². The Kier molecular flexibility index (Phi) is 3.86. The second-order valence-corrected chi connectivity index (χ2v) is 2.57. The summed E-state index contributed by atoms with van der Waals surface area (Å²) in [5.74, 6) is 6.79. The average molecular weight is 198 g/mol. The van der Waals surface area contributed by atoms with Crippen molar-refractivity contribution in [2.24, 2.45) is 10.8 Å². The summed E-state index contributed by atoms with van der Waals surface area (Å²) in [6.45, 7) is 4.76. The third-order valence-corrected chi connectivity index (χ3v) is 1.42. The third kappa shape index (κ3) is 3.02. The Morgan fingerprint density at radius 3 is 2.93 bits per heavy atom. The van der Waals surface area contributed by atoms with Crippen molar-refractivity contribution in [3.8, 4) is 0 Å². The van der Waals surface area contributed by atoms with Crippen LogP contribution >= 0.6 is 0 Å². The van der Waals surface area contributed by atoms with Gasteiger partial charge in [0.25, 0.3) is 0 Å². The molecular formula is C7H14N6O. The summed E-state index contributed by atoms with van der Waals surface area (Å²) >= 11 is 0. The molecule has 0 atom stereocenters. The molecule has 0 spiro atoms. The molecule has 0 bridgehead atoms. The van der Waals surface area contributed by atoms with Crippen molar-refractivity contribution in [2.45, 2.75) is 20.4 Å². The van der Waals surface area contributed by atoms with Crippen LogP contribution in [0.5, 0.6) is 0 Å². The Morgan fingerprint density at radius 1 is 1.64 bits per heavy atom. The Labute approximate surface area is 81.7 Å². The first-order chi connectivity index (χ1) is 6.76. The second kappa shape index (κ2) is 5.18. The Hall–Kier alpha value is -1.63. The van der Waals surface area contributed by atoms with E-state index in [0.717, 1.165) is 6.54 Å². The fraction of sp³-hybridized carbons (Fsp3) is 0.571. The lowest BCUT2D eigenvalue weighted by Crippen LogP contribution is -2.41. The maximum Gasteiger partial charge on any atom is 0.248 e. The van der Waals surface area contributed by atoms with Gasteiger partial charge in [-0.1, -0.05) is 5.16 Å². The van der Waals surface area contributed by atoms with Crippen LogP contribution < -0.4 is 16.6 Å². The van der Waals surface area contributed by atoms with Crippen LogP contribution in [0.15, 0.2) is 9.52 Å². The monoisotopic (exact) mass is 198 g/mol. The van der Waals surface area contributed by atoms with E-state index in [1.807, 2.05) is 6.92 Å². The summed E-state index contributed by atoms with van der Waals surface area (Å²) < 4.78 is 4.87. The van der Waals surface area contributed by atoms with E-state index in [1.54, 1.807) is 6.92 Å². The van der Waals surface area contributed by atoms with Crippen LogP contribution in [0.3, 0.4) is 0 Å². The lowest BCUT2D eigenvalue weighted by Gasteiger charge is -2.04. The fourth-order valence-electron chi connectivity index (χ4n) is 0.871. The minimum absolute atomic E-state index is 0.313. The van der Waals surface area contributed by atoms with Gasteiger partial charge in [-0.3, -0.25) is 5.43 Å². The van der Waals surface area contributed by atoms with Gasteiger partial charge in [-0.2, -0.15) is 4.98 Å². The van der Waals surface area contributed by atoms with Crippen LogP contribution in [0, 0.1) is 6.92 Å². The van der Waals surface area contributed by atoms with Crippen LogP contribution in [0.25, 0.3) is 0 Å². The number of guanidine groups is 1. The number of nitrogens with two attached hydrogens (primary N) is 1. The normalized spacial score (nSPS) is 11.5. The number of rotatable bonds is 3. The van der Waals surface area contributed by atoms with Crippen LogP contribution in [0.2, 0.25) is 0 Å². The highest BCUT2D eigenvalue weighted by Crippen LogP contribution is 1.96. The molecule has 0 aliphatic carbocycles. The number of nitrogens with one attached hydrogen (secondary N) is 2. The largest absolute Gasteiger partial charge is 0.356 e. The molecule has 7 heteroatoms. The molecule has 0 aliphatic heterocycles. The SMILES string of the molecule is CCNC(=NCc1nc(C)no1)NN. The van der Waals surface area contributed by atoms with Gasteiger partial charge in [-0.15, -0.1) is 0 Å². The second-order valence-electron chi connectivity index (χ2n) is 2.57. The average Bonchev–Trinajstić information content (AvgIpc) is 2.59. The number of hydrogen-bond donors (Lipinski definition) is 3. The minimum Gasteiger partial charge on any atom is -0.356 e. The molecule has 0 saturated carbocycles. The zero-order valence-electron chi connectivity index (χ0n) is 8.24. The Balaban J connectivity index is 2.51. The van der Waals surface area contributed by atoms with Crippen LogP contribution in [-0.4, -0.2) is 22.6 Å². The first-order valence-corrected chi connectivity index (χ1v) is 4.30. The van der Waals surface area contributed by atoms with Crippen molar-refractivity contribution in [1.29, 1.82) is 0 Å². The molecular weight excluding hydrogens is 184 g/mol. The maximum absolute atomic E-state index is 5.22. The topological polar surface area (TPSA) is 101 Å². The van der Waals surface area contributed by atoms with Gasteiger partial charge in [-0.05, 0) is 13.8 Å². The van der Waals surface area contributed by atoms with Gasteiger partial charge >= 0.3 is 0 Å². The molecule has 78 valence electrons. The van der Waals surface area contributed by atoms with Crippen LogP contribution in [0.1, 0.15) is 18.6 Å². The maximum atomic E-state index is 5.22. The smallest absolute Gasteiger partial charge is 0.248 e. The van der Waals surface area contributed by atoms with Gasteiger partial charge in [-0.25, -0.2) is 10.8 Å². The Bertz CT molecular complexity index is 307. The van der Waals surface area contributed by atoms with E-state index in [9.17, 15) is 0 Å².